The third-order valence-electron chi connectivity index (χ3n) is 5.08. The molecule has 0 unspecified atom stereocenters. The number of amides is 1. The maximum Gasteiger partial charge on any atom is 0.251 e. The second-order valence-corrected chi connectivity index (χ2v) is 7.51. The molecule has 148 valence electrons. The number of piperazine rings is 1. The van der Waals surface area contributed by atoms with E-state index in [4.69, 9.17) is 11.6 Å². The SMILES string of the molecule is O=C(NCc1ccc(Cl)cc1)c1ccnc(N2CCN[C@H](c3ccccc3)C2)c1. The fourth-order valence-corrected chi connectivity index (χ4v) is 3.61. The first kappa shape index (κ1) is 19.4. The number of pyridine rings is 1. The number of nitrogens with zero attached hydrogens (tertiary/aromatic N) is 2. The van der Waals surface area contributed by atoms with Gasteiger partial charge in [-0.2, -0.15) is 0 Å². The topological polar surface area (TPSA) is 57.3 Å². The van der Waals surface area contributed by atoms with Gasteiger partial charge in [0.1, 0.15) is 5.82 Å². The Hall–Kier alpha value is -2.89. The zero-order valence-corrected chi connectivity index (χ0v) is 16.8. The molecule has 0 spiro atoms. The normalized spacial score (nSPS) is 16.4. The summed E-state index contributed by atoms with van der Waals surface area (Å²) in [6.45, 7) is 2.99. The Kier molecular flexibility index (Phi) is 6.08. The van der Waals surface area contributed by atoms with Crippen molar-refractivity contribution in [2.45, 2.75) is 12.6 Å². The second-order valence-electron chi connectivity index (χ2n) is 7.08. The number of halogens is 1. The number of aromatic nitrogens is 1. The summed E-state index contributed by atoms with van der Waals surface area (Å²) in [6.07, 6.45) is 1.70. The molecular formula is C23H23ClN4O. The molecule has 1 aliphatic rings. The van der Waals surface area contributed by atoms with Gasteiger partial charge in [0.25, 0.3) is 5.91 Å². The van der Waals surface area contributed by atoms with Gasteiger partial charge in [-0.25, -0.2) is 4.98 Å². The maximum atomic E-state index is 12.6. The van der Waals surface area contributed by atoms with Gasteiger partial charge in [-0.15, -0.1) is 0 Å². The molecule has 2 N–H and O–H groups in total. The van der Waals surface area contributed by atoms with Crippen LogP contribution in [0.4, 0.5) is 5.82 Å². The van der Waals surface area contributed by atoms with Crippen LogP contribution in [-0.4, -0.2) is 30.5 Å². The molecule has 2 heterocycles. The maximum absolute atomic E-state index is 12.6. The van der Waals surface area contributed by atoms with E-state index in [9.17, 15) is 4.79 Å². The van der Waals surface area contributed by atoms with Crippen molar-refractivity contribution >= 4 is 23.3 Å². The number of hydrogen-bond acceptors (Lipinski definition) is 4. The summed E-state index contributed by atoms with van der Waals surface area (Å²) in [5.41, 5.74) is 2.87. The average Bonchev–Trinajstić information content (AvgIpc) is 2.79. The molecule has 0 radical (unpaired) electrons. The lowest BCUT2D eigenvalue weighted by Gasteiger charge is -2.34. The summed E-state index contributed by atoms with van der Waals surface area (Å²) in [5, 5.41) is 7.20. The quantitative estimate of drug-likeness (QED) is 0.676. The number of carbonyl (C=O) groups is 1. The van der Waals surface area contributed by atoms with Crippen molar-refractivity contribution in [3.05, 3.63) is 94.6 Å². The van der Waals surface area contributed by atoms with E-state index in [1.807, 2.05) is 36.4 Å². The molecule has 1 aliphatic heterocycles. The van der Waals surface area contributed by atoms with Gasteiger partial charge in [0.15, 0.2) is 0 Å². The number of benzene rings is 2. The highest BCUT2D eigenvalue weighted by molar-refractivity contribution is 6.30. The van der Waals surface area contributed by atoms with Crippen molar-refractivity contribution in [3.63, 3.8) is 0 Å². The van der Waals surface area contributed by atoms with Crippen LogP contribution < -0.4 is 15.5 Å². The Morgan fingerprint density at radius 1 is 1.14 bits per heavy atom. The minimum atomic E-state index is -0.113. The van der Waals surface area contributed by atoms with E-state index in [0.29, 0.717) is 17.1 Å². The van der Waals surface area contributed by atoms with Crippen LogP contribution in [0.1, 0.15) is 27.5 Å². The summed E-state index contributed by atoms with van der Waals surface area (Å²) >= 11 is 5.91. The van der Waals surface area contributed by atoms with Crippen LogP contribution in [0.3, 0.4) is 0 Å². The van der Waals surface area contributed by atoms with Crippen molar-refractivity contribution in [2.24, 2.45) is 0 Å². The molecule has 0 saturated carbocycles. The van der Waals surface area contributed by atoms with Crippen LogP contribution in [0.15, 0.2) is 72.9 Å². The Morgan fingerprint density at radius 2 is 1.93 bits per heavy atom. The van der Waals surface area contributed by atoms with E-state index < -0.39 is 0 Å². The lowest BCUT2D eigenvalue weighted by atomic mass is 10.0. The van der Waals surface area contributed by atoms with Crippen molar-refractivity contribution in [3.8, 4) is 0 Å². The lowest BCUT2D eigenvalue weighted by Crippen LogP contribution is -2.46. The first-order chi connectivity index (χ1) is 14.2. The van der Waals surface area contributed by atoms with Gasteiger partial charge in [-0.3, -0.25) is 4.79 Å². The molecule has 1 aromatic heterocycles. The van der Waals surface area contributed by atoms with Gasteiger partial charge in [0.2, 0.25) is 0 Å². The van der Waals surface area contributed by atoms with Crippen LogP contribution in [0, 0.1) is 0 Å². The number of hydrogen-bond donors (Lipinski definition) is 2. The third kappa shape index (κ3) is 4.94. The van der Waals surface area contributed by atoms with Crippen molar-refractivity contribution in [2.75, 3.05) is 24.5 Å². The van der Waals surface area contributed by atoms with Crippen molar-refractivity contribution < 1.29 is 4.79 Å². The Labute approximate surface area is 175 Å². The van der Waals surface area contributed by atoms with Gasteiger partial charge in [0.05, 0.1) is 0 Å². The Balaban J connectivity index is 1.42. The van der Waals surface area contributed by atoms with Gasteiger partial charge in [-0.05, 0) is 35.4 Å². The largest absolute Gasteiger partial charge is 0.353 e. The van der Waals surface area contributed by atoms with Crippen LogP contribution >= 0.6 is 11.6 Å². The van der Waals surface area contributed by atoms with Crippen LogP contribution in [0.25, 0.3) is 0 Å². The standard InChI is InChI=1S/C23H23ClN4O/c24-20-8-6-17(7-9-20)15-27-23(29)19-10-11-26-22(14-19)28-13-12-25-21(16-28)18-4-2-1-3-5-18/h1-11,14,21,25H,12-13,15-16H2,(H,27,29)/t21-/m0/s1. The van der Waals surface area contributed by atoms with Gasteiger partial charge in [0, 0.05) is 49.0 Å². The molecule has 0 aliphatic carbocycles. The van der Waals surface area contributed by atoms with E-state index in [2.05, 4.69) is 44.8 Å². The first-order valence-electron chi connectivity index (χ1n) is 9.71. The summed E-state index contributed by atoms with van der Waals surface area (Å²) in [5.74, 6) is 0.713. The lowest BCUT2D eigenvalue weighted by molar-refractivity contribution is 0.0951. The highest BCUT2D eigenvalue weighted by Gasteiger charge is 2.22. The van der Waals surface area contributed by atoms with E-state index in [-0.39, 0.29) is 11.9 Å². The van der Waals surface area contributed by atoms with E-state index >= 15 is 0 Å². The minimum absolute atomic E-state index is 0.113. The molecule has 5 nitrogen and oxygen atoms in total. The zero-order chi connectivity index (χ0) is 20.1. The second kappa shape index (κ2) is 9.07. The zero-order valence-electron chi connectivity index (χ0n) is 16.0. The van der Waals surface area contributed by atoms with E-state index in [1.165, 1.54) is 5.56 Å². The van der Waals surface area contributed by atoms with Gasteiger partial charge >= 0.3 is 0 Å². The van der Waals surface area contributed by atoms with Crippen LogP contribution in [0.5, 0.6) is 0 Å². The summed E-state index contributed by atoms with van der Waals surface area (Å²) in [4.78, 5) is 19.3. The summed E-state index contributed by atoms with van der Waals surface area (Å²) in [7, 11) is 0. The van der Waals surface area contributed by atoms with Crippen molar-refractivity contribution in [1.29, 1.82) is 0 Å². The van der Waals surface area contributed by atoms with E-state index in [0.717, 1.165) is 31.0 Å². The average molecular weight is 407 g/mol. The third-order valence-corrected chi connectivity index (χ3v) is 5.33. The molecular weight excluding hydrogens is 384 g/mol. The molecule has 2 aromatic carbocycles. The molecule has 29 heavy (non-hydrogen) atoms. The monoisotopic (exact) mass is 406 g/mol. The molecule has 1 fully saturated rings. The number of carbonyl (C=O) groups excluding carboxylic acids is 1. The summed E-state index contributed by atoms with van der Waals surface area (Å²) < 4.78 is 0. The Morgan fingerprint density at radius 3 is 2.72 bits per heavy atom. The molecule has 1 amide bonds. The fourth-order valence-electron chi connectivity index (χ4n) is 3.49. The molecule has 6 heteroatoms. The predicted molar refractivity (Wildman–Crippen MR) is 116 cm³/mol. The van der Waals surface area contributed by atoms with Crippen LogP contribution in [0.2, 0.25) is 5.02 Å². The molecule has 0 bridgehead atoms. The molecule has 3 aromatic rings. The van der Waals surface area contributed by atoms with Crippen molar-refractivity contribution in [1.82, 2.24) is 15.6 Å². The Bertz CT molecular complexity index is 962. The predicted octanol–water partition coefficient (Wildman–Crippen LogP) is 3.82. The van der Waals surface area contributed by atoms with Gasteiger partial charge in [-0.1, -0.05) is 54.1 Å². The summed E-state index contributed by atoms with van der Waals surface area (Å²) in [6, 6.07) is 21.7. The number of anilines is 1. The number of nitrogens with one attached hydrogen (secondary N) is 2. The molecule has 1 saturated heterocycles. The molecule has 1 atom stereocenters. The first-order valence-corrected chi connectivity index (χ1v) is 10.1. The highest BCUT2D eigenvalue weighted by Crippen LogP contribution is 2.21. The smallest absolute Gasteiger partial charge is 0.251 e. The van der Waals surface area contributed by atoms with E-state index in [1.54, 1.807) is 12.3 Å². The van der Waals surface area contributed by atoms with Crippen LogP contribution in [-0.2, 0) is 6.54 Å². The fraction of sp³-hybridized carbons (Fsp3) is 0.217. The molecule has 4 rings (SSSR count). The van der Waals surface area contributed by atoms with Gasteiger partial charge < -0.3 is 15.5 Å². The minimum Gasteiger partial charge on any atom is -0.353 e. The highest BCUT2D eigenvalue weighted by atomic mass is 35.5. The number of rotatable bonds is 5.